The van der Waals surface area contributed by atoms with Crippen LogP contribution < -0.4 is 20.1 Å². The summed E-state index contributed by atoms with van der Waals surface area (Å²) in [5.41, 5.74) is 2.65. The van der Waals surface area contributed by atoms with Crippen LogP contribution in [0.5, 0.6) is 17.2 Å². The van der Waals surface area contributed by atoms with Crippen LogP contribution in [0.3, 0.4) is 0 Å². The van der Waals surface area contributed by atoms with Gasteiger partial charge in [-0.1, -0.05) is 18.2 Å². The fourth-order valence-electron chi connectivity index (χ4n) is 3.33. The van der Waals surface area contributed by atoms with Gasteiger partial charge in [-0.15, -0.1) is 0 Å². The lowest BCUT2D eigenvalue weighted by Gasteiger charge is -2.17. The number of nitrogens with one attached hydrogen (secondary N) is 2. The number of aryl methyl sites for hydroxylation is 1. The van der Waals surface area contributed by atoms with Crippen molar-refractivity contribution < 1.29 is 19.1 Å². The summed E-state index contributed by atoms with van der Waals surface area (Å²) in [6.45, 7) is 0.447. The van der Waals surface area contributed by atoms with Crippen LogP contribution in [-0.4, -0.2) is 18.4 Å². The van der Waals surface area contributed by atoms with E-state index in [1.165, 1.54) is 0 Å². The smallest absolute Gasteiger partial charge is 0.224 e. The van der Waals surface area contributed by atoms with Gasteiger partial charge in [0.05, 0.1) is 6.61 Å². The number of fused-ring (bicyclic) bond motifs is 1. The van der Waals surface area contributed by atoms with Crippen molar-refractivity contribution in [3.05, 3.63) is 78.4 Å². The number of benzene rings is 3. The van der Waals surface area contributed by atoms with Gasteiger partial charge in [0.2, 0.25) is 11.8 Å². The van der Waals surface area contributed by atoms with Crippen LogP contribution in [-0.2, 0) is 16.0 Å². The fourth-order valence-corrected chi connectivity index (χ4v) is 3.33. The van der Waals surface area contributed by atoms with Crippen molar-refractivity contribution in [2.75, 3.05) is 17.2 Å². The zero-order valence-corrected chi connectivity index (χ0v) is 17.1. The average Bonchev–Trinajstić information content (AvgIpc) is 2.79. The molecule has 0 saturated heterocycles. The average molecular weight is 416 g/mol. The van der Waals surface area contributed by atoms with E-state index >= 15 is 0 Å². The standard InChI is InChI=1S/C25H24N2O4/c28-24(26-19-9-11-21(12-10-19)31-20-5-2-1-3-6-20)7-4-16-30-22-13-14-23-18(17-22)8-15-25(29)27-23/h1-3,5-6,9-14,17H,4,7-8,15-16H2,(H,26,28)(H,27,29). The van der Waals surface area contributed by atoms with Crippen LogP contribution in [0.2, 0.25) is 0 Å². The number of ether oxygens (including phenoxy) is 2. The predicted octanol–water partition coefficient (Wildman–Crippen LogP) is 5.16. The number of carbonyl (C=O) groups excluding carboxylic acids is 2. The van der Waals surface area contributed by atoms with E-state index in [-0.39, 0.29) is 11.8 Å². The molecule has 1 aliphatic rings. The molecule has 4 rings (SSSR count). The van der Waals surface area contributed by atoms with Crippen LogP contribution in [0.15, 0.2) is 72.8 Å². The number of para-hydroxylation sites is 1. The Kier molecular flexibility index (Phi) is 6.47. The van der Waals surface area contributed by atoms with Gasteiger partial charge in [0.25, 0.3) is 0 Å². The van der Waals surface area contributed by atoms with Gasteiger partial charge in [0.15, 0.2) is 0 Å². The maximum absolute atomic E-state index is 12.2. The van der Waals surface area contributed by atoms with E-state index in [0.717, 1.165) is 34.9 Å². The molecule has 0 unspecified atom stereocenters. The second-order valence-electron chi connectivity index (χ2n) is 7.31. The van der Waals surface area contributed by atoms with Gasteiger partial charge in [-0.25, -0.2) is 0 Å². The van der Waals surface area contributed by atoms with Gasteiger partial charge >= 0.3 is 0 Å². The molecule has 1 heterocycles. The molecule has 2 N–H and O–H groups in total. The summed E-state index contributed by atoms with van der Waals surface area (Å²) in [5, 5.41) is 5.74. The third-order valence-electron chi connectivity index (χ3n) is 4.91. The molecule has 0 saturated carbocycles. The number of hydrogen-bond donors (Lipinski definition) is 2. The number of amides is 2. The molecule has 31 heavy (non-hydrogen) atoms. The van der Waals surface area contributed by atoms with Crippen molar-refractivity contribution >= 4 is 23.2 Å². The van der Waals surface area contributed by atoms with Gasteiger partial charge < -0.3 is 20.1 Å². The van der Waals surface area contributed by atoms with E-state index in [4.69, 9.17) is 9.47 Å². The Morgan fingerprint density at radius 3 is 2.45 bits per heavy atom. The first-order chi connectivity index (χ1) is 15.2. The number of hydrogen-bond acceptors (Lipinski definition) is 4. The van der Waals surface area contributed by atoms with Gasteiger partial charge in [-0.05, 0) is 73.0 Å². The quantitative estimate of drug-likeness (QED) is 0.497. The van der Waals surface area contributed by atoms with Gasteiger partial charge in [0, 0.05) is 24.2 Å². The Morgan fingerprint density at radius 2 is 1.65 bits per heavy atom. The highest BCUT2D eigenvalue weighted by Gasteiger charge is 2.15. The molecule has 2 amide bonds. The first-order valence-corrected chi connectivity index (χ1v) is 10.3. The first kappa shape index (κ1) is 20.5. The van der Waals surface area contributed by atoms with Crippen molar-refractivity contribution in [2.24, 2.45) is 0 Å². The molecule has 0 atom stereocenters. The Balaban J connectivity index is 1.19. The number of carbonyl (C=O) groups is 2. The highest BCUT2D eigenvalue weighted by atomic mass is 16.5. The topological polar surface area (TPSA) is 76.7 Å². The number of rotatable bonds is 8. The predicted molar refractivity (Wildman–Crippen MR) is 120 cm³/mol. The lowest BCUT2D eigenvalue weighted by Crippen LogP contribution is -2.18. The molecule has 0 spiro atoms. The molecular weight excluding hydrogens is 392 g/mol. The summed E-state index contributed by atoms with van der Waals surface area (Å²) < 4.78 is 11.5. The summed E-state index contributed by atoms with van der Waals surface area (Å²) in [6.07, 6.45) is 2.18. The van der Waals surface area contributed by atoms with Crippen molar-refractivity contribution in [3.8, 4) is 17.2 Å². The molecule has 158 valence electrons. The zero-order valence-electron chi connectivity index (χ0n) is 17.1. The van der Waals surface area contributed by atoms with Crippen molar-refractivity contribution in [1.82, 2.24) is 0 Å². The fraction of sp³-hybridized carbons (Fsp3) is 0.200. The van der Waals surface area contributed by atoms with Crippen LogP contribution >= 0.6 is 0 Å². The summed E-state index contributed by atoms with van der Waals surface area (Å²) >= 11 is 0. The van der Waals surface area contributed by atoms with Crippen molar-refractivity contribution in [2.45, 2.75) is 25.7 Å². The van der Waals surface area contributed by atoms with E-state index in [2.05, 4.69) is 10.6 Å². The molecule has 6 nitrogen and oxygen atoms in total. The van der Waals surface area contributed by atoms with Crippen LogP contribution in [0.4, 0.5) is 11.4 Å². The van der Waals surface area contributed by atoms with Gasteiger partial charge in [-0.3, -0.25) is 9.59 Å². The highest BCUT2D eigenvalue weighted by molar-refractivity contribution is 5.94. The highest BCUT2D eigenvalue weighted by Crippen LogP contribution is 2.27. The monoisotopic (exact) mass is 416 g/mol. The maximum atomic E-state index is 12.2. The second-order valence-corrected chi connectivity index (χ2v) is 7.31. The molecule has 0 radical (unpaired) electrons. The van der Waals surface area contributed by atoms with Crippen molar-refractivity contribution in [3.63, 3.8) is 0 Å². The van der Waals surface area contributed by atoms with Crippen LogP contribution in [0.25, 0.3) is 0 Å². The zero-order chi connectivity index (χ0) is 21.5. The summed E-state index contributed by atoms with van der Waals surface area (Å²) in [4.78, 5) is 23.6. The third kappa shape index (κ3) is 5.85. The lowest BCUT2D eigenvalue weighted by atomic mass is 10.0. The molecule has 0 aliphatic carbocycles. The minimum Gasteiger partial charge on any atom is -0.494 e. The second kappa shape index (κ2) is 9.80. The summed E-state index contributed by atoms with van der Waals surface area (Å²) in [7, 11) is 0. The Labute approximate surface area is 181 Å². The van der Waals surface area contributed by atoms with Gasteiger partial charge in [0.1, 0.15) is 17.2 Å². The minimum atomic E-state index is -0.0616. The third-order valence-corrected chi connectivity index (χ3v) is 4.91. The molecule has 0 fully saturated rings. The van der Waals surface area contributed by atoms with E-state index in [9.17, 15) is 9.59 Å². The maximum Gasteiger partial charge on any atom is 0.224 e. The molecule has 0 bridgehead atoms. The first-order valence-electron chi connectivity index (χ1n) is 10.3. The van der Waals surface area contributed by atoms with E-state index in [1.54, 1.807) is 0 Å². The Morgan fingerprint density at radius 1 is 0.903 bits per heavy atom. The van der Waals surface area contributed by atoms with E-state index < -0.39 is 0 Å². The normalized spacial score (nSPS) is 12.5. The molecule has 0 aromatic heterocycles. The lowest BCUT2D eigenvalue weighted by molar-refractivity contribution is -0.117. The van der Waals surface area contributed by atoms with Crippen LogP contribution in [0.1, 0.15) is 24.8 Å². The minimum absolute atomic E-state index is 0.0468. The molecule has 3 aromatic rings. The Bertz CT molecular complexity index is 1050. The molecular formula is C25H24N2O4. The molecule has 1 aliphatic heterocycles. The van der Waals surface area contributed by atoms with E-state index in [0.29, 0.717) is 31.6 Å². The number of anilines is 2. The summed E-state index contributed by atoms with van der Waals surface area (Å²) in [6, 6.07) is 22.5. The van der Waals surface area contributed by atoms with E-state index in [1.807, 2.05) is 72.8 Å². The molecule has 3 aromatic carbocycles. The largest absolute Gasteiger partial charge is 0.494 e. The SMILES string of the molecule is O=C(CCCOc1ccc2c(c1)CCC(=O)N2)Nc1ccc(Oc2ccccc2)cc1. The Hall–Kier alpha value is -3.80. The van der Waals surface area contributed by atoms with Gasteiger partial charge in [-0.2, -0.15) is 0 Å². The molecule has 6 heteroatoms. The van der Waals surface area contributed by atoms with Crippen molar-refractivity contribution in [1.29, 1.82) is 0 Å². The van der Waals surface area contributed by atoms with Crippen LogP contribution in [0, 0.1) is 0 Å². The summed E-state index contributed by atoms with van der Waals surface area (Å²) in [5.74, 6) is 2.22.